The van der Waals surface area contributed by atoms with Gasteiger partial charge < -0.3 is 9.64 Å². The zero-order valence-corrected chi connectivity index (χ0v) is 10.4. The quantitative estimate of drug-likeness (QED) is 0.725. The van der Waals surface area contributed by atoms with Gasteiger partial charge in [0.25, 0.3) is 0 Å². The number of piperidine rings is 1. The minimum Gasteiger partial charge on any atom is -0.379 e. The van der Waals surface area contributed by atoms with Crippen LogP contribution in [-0.2, 0) is 9.53 Å². The van der Waals surface area contributed by atoms with Crippen molar-refractivity contribution in [2.45, 2.75) is 25.9 Å². The molecule has 0 N–H and O–H groups in total. The monoisotopic (exact) mass is 263 g/mol. The third-order valence-corrected chi connectivity index (χ3v) is 3.25. The number of amides is 1. The summed E-state index contributed by atoms with van der Waals surface area (Å²) in [5.74, 6) is 0.795. The number of methoxy groups -OCH3 is 1. The van der Waals surface area contributed by atoms with E-state index in [1.807, 2.05) is 4.90 Å². The number of nitrogens with zero attached hydrogens (tertiary/aromatic N) is 1. The molecular weight excluding hydrogens is 246 g/mol. The van der Waals surface area contributed by atoms with E-state index in [0.717, 1.165) is 24.8 Å². The fraction of sp³-hybridized carbons (Fsp3) is 0.900. The molecule has 14 heavy (non-hydrogen) atoms. The van der Waals surface area contributed by atoms with Gasteiger partial charge in [0, 0.05) is 32.0 Å². The Morgan fingerprint density at radius 3 is 2.93 bits per heavy atom. The SMILES string of the molecule is COC1CN(C(=O)CCBr)CCC1C. The second-order valence-electron chi connectivity index (χ2n) is 3.82. The zero-order chi connectivity index (χ0) is 10.6. The summed E-state index contributed by atoms with van der Waals surface area (Å²) in [6.07, 6.45) is 1.85. The molecule has 0 aliphatic carbocycles. The van der Waals surface area contributed by atoms with Crippen molar-refractivity contribution in [1.29, 1.82) is 0 Å². The molecule has 3 nitrogen and oxygen atoms in total. The van der Waals surface area contributed by atoms with Gasteiger partial charge in [-0.3, -0.25) is 4.79 Å². The summed E-state index contributed by atoms with van der Waals surface area (Å²) in [7, 11) is 1.72. The van der Waals surface area contributed by atoms with Crippen molar-refractivity contribution in [3.63, 3.8) is 0 Å². The fourth-order valence-electron chi connectivity index (χ4n) is 1.81. The van der Waals surface area contributed by atoms with Gasteiger partial charge in [0.2, 0.25) is 5.91 Å². The largest absolute Gasteiger partial charge is 0.379 e. The molecule has 1 aliphatic heterocycles. The molecule has 2 atom stereocenters. The summed E-state index contributed by atoms with van der Waals surface area (Å²) >= 11 is 3.28. The van der Waals surface area contributed by atoms with Gasteiger partial charge in [-0.25, -0.2) is 0 Å². The first kappa shape index (κ1) is 12.0. The van der Waals surface area contributed by atoms with Crippen molar-refractivity contribution < 1.29 is 9.53 Å². The van der Waals surface area contributed by atoms with Gasteiger partial charge in [-0.2, -0.15) is 0 Å². The van der Waals surface area contributed by atoms with Crippen molar-refractivity contribution >= 4 is 21.8 Å². The molecule has 1 saturated heterocycles. The van der Waals surface area contributed by atoms with Gasteiger partial charge in [-0.1, -0.05) is 22.9 Å². The standard InChI is InChI=1S/C10H18BrNO2/c1-8-4-6-12(7-9(8)14-2)10(13)3-5-11/h8-9H,3-7H2,1-2H3. The van der Waals surface area contributed by atoms with E-state index < -0.39 is 0 Å². The average Bonchev–Trinajstić information content (AvgIpc) is 2.19. The Kier molecular flexibility index (Phi) is 4.89. The number of likely N-dealkylation sites (tertiary alicyclic amines) is 1. The lowest BCUT2D eigenvalue weighted by Crippen LogP contribution is -2.46. The third-order valence-electron chi connectivity index (χ3n) is 2.85. The molecule has 0 radical (unpaired) electrons. The lowest BCUT2D eigenvalue weighted by Gasteiger charge is -2.36. The molecule has 0 spiro atoms. The maximum Gasteiger partial charge on any atom is 0.223 e. The molecule has 1 aliphatic rings. The van der Waals surface area contributed by atoms with Gasteiger partial charge in [-0.15, -0.1) is 0 Å². The van der Waals surface area contributed by atoms with E-state index in [0.29, 0.717) is 12.3 Å². The van der Waals surface area contributed by atoms with Gasteiger partial charge >= 0.3 is 0 Å². The van der Waals surface area contributed by atoms with Crippen LogP contribution in [-0.4, -0.2) is 42.4 Å². The van der Waals surface area contributed by atoms with E-state index in [2.05, 4.69) is 22.9 Å². The number of hydrogen-bond acceptors (Lipinski definition) is 2. The summed E-state index contributed by atoms with van der Waals surface area (Å²) in [4.78, 5) is 13.5. The molecule has 82 valence electrons. The third kappa shape index (κ3) is 2.95. The van der Waals surface area contributed by atoms with Crippen LogP contribution in [0.25, 0.3) is 0 Å². The van der Waals surface area contributed by atoms with Crippen LogP contribution < -0.4 is 0 Å². The zero-order valence-electron chi connectivity index (χ0n) is 8.83. The Labute approximate surface area is 93.9 Å². The molecule has 1 fully saturated rings. The predicted octanol–water partition coefficient (Wildman–Crippen LogP) is 1.65. The van der Waals surface area contributed by atoms with E-state index in [-0.39, 0.29) is 12.0 Å². The van der Waals surface area contributed by atoms with E-state index in [4.69, 9.17) is 4.74 Å². The lowest BCUT2D eigenvalue weighted by molar-refractivity contribution is -0.135. The Bertz CT molecular complexity index is 199. The highest BCUT2D eigenvalue weighted by Gasteiger charge is 2.28. The molecule has 1 amide bonds. The fourth-order valence-corrected chi connectivity index (χ4v) is 2.15. The molecule has 2 unspecified atom stereocenters. The topological polar surface area (TPSA) is 29.5 Å². The van der Waals surface area contributed by atoms with Crippen LogP contribution in [0.15, 0.2) is 0 Å². The second kappa shape index (κ2) is 5.71. The van der Waals surface area contributed by atoms with Gasteiger partial charge in [-0.05, 0) is 12.3 Å². The van der Waals surface area contributed by atoms with E-state index in [1.54, 1.807) is 7.11 Å². The first-order valence-electron chi connectivity index (χ1n) is 5.05. The van der Waals surface area contributed by atoms with E-state index in [9.17, 15) is 4.79 Å². The van der Waals surface area contributed by atoms with Crippen LogP contribution in [0, 0.1) is 5.92 Å². The van der Waals surface area contributed by atoms with Crippen molar-refractivity contribution in [2.75, 3.05) is 25.5 Å². The average molecular weight is 264 g/mol. The summed E-state index contributed by atoms with van der Waals surface area (Å²) in [6.45, 7) is 3.82. The number of hydrogen-bond donors (Lipinski definition) is 0. The molecule has 0 aromatic rings. The summed E-state index contributed by atoms with van der Waals surface area (Å²) in [6, 6.07) is 0. The lowest BCUT2D eigenvalue weighted by atomic mass is 9.96. The highest BCUT2D eigenvalue weighted by atomic mass is 79.9. The Balaban J connectivity index is 2.45. The summed E-state index contributed by atoms with van der Waals surface area (Å²) < 4.78 is 5.36. The molecule has 0 aromatic carbocycles. The number of carbonyl (C=O) groups excluding carboxylic acids is 1. The first-order chi connectivity index (χ1) is 6.69. The van der Waals surface area contributed by atoms with Crippen LogP contribution >= 0.6 is 15.9 Å². The first-order valence-corrected chi connectivity index (χ1v) is 6.17. The van der Waals surface area contributed by atoms with Crippen molar-refractivity contribution in [1.82, 2.24) is 4.90 Å². The second-order valence-corrected chi connectivity index (χ2v) is 4.61. The molecule has 4 heteroatoms. The number of rotatable bonds is 3. The van der Waals surface area contributed by atoms with Gasteiger partial charge in [0.15, 0.2) is 0 Å². The minimum atomic E-state index is 0.211. The van der Waals surface area contributed by atoms with Gasteiger partial charge in [0.05, 0.1) is 6.10 Å². The Morgan fingerprint density at radius 2 is 2.36 bits per heavy atom. The number of ether oxygens (including phenoxy) is 1. The summed E-state index contributed by atoms with van der Waals surface area (Å²) in [5, 5.41) is 0.746. The highest BCUT2D eigenvalue weighted by molar-refractivity contribution is 9.09. The molecule has 0 aromatic heterocycles. The van der Waals surface area contributed by atoms with Crippen molar-refractivity contribution in [3.8, 4) is 0 Å². The predicted molar refractivity (Wildman–Crippen MR) is 59.6 cm³/mol. The number of alkyl halides is 1. The Hall–Kier alpha value is -0.0900. The van der Waals surface area contributed by atoms with Gasteiger partial charge in [0.1, 0.15) is 0 Å². The molecule has 0 saturated carbocycles. The molecule has 1 rings (SSSR count). The number of carbonyl (C=O) groups is 1. The maximum absolute atomic E-state index is 11.6. The molecular formula is C10H18BrNO2. The van der Waals surface area contributed by atoms with E-state index >= 15 is 0 Å². The van der Waals surface area contributed by atoms with Crippen LogP contribution in [0.2, 0.25) is 0 Å². The van der Waals surface area contributed by atoms with E-state index in [1.165, 1.54) is 0 Å². The van der Waals surface area contributed by atoms with Crippen LogP contribution in [0.4, 0.5) is 0 Å². The normalized spacial score (nSPS) is 27.8. The Morgan fingerprint density at radius 1 is 1.64 bits per heavy atom. The van der Waals surface area contributed by atoms with Crippen molar-refractivity contribution in [3.05, 3.63) is 0 Å². The van der Waals surface area contributed by atoms with Crippen LogP contribution in [0.1, 0.15) is 19.8 Å². The molecule has 0 bridgehead atoms. The highest BCUT2D eigenvalue weighted by Crippen LogP contribution is 2.19. The maximum atomic E-state index is 11.6. The molecule has 1 heterocycles. The smallest absolute Gasteiger partial charge is 0.223 e. The minimum absolute atomic E-state index is 0.211. The summed E-state index contributed by atoms with van der Waals surface area (Å²) in [5.41, 5.74) is 0. The van der Waals surface area contributed by atoms with Crippen molar-refractivity contribution in [2.24, 2.45) is 5.92 Å². The van der Waals surface area contributed by atoms with Crippen LogP contribution in [0.5, 0.6) is 0 Å². The number of halogens is 1. The van der Waals surface area contributed by atoms with Crippen LogP contribution in [0.3, 0.4) is 0 Å².